The second-order valence-corrected chi connectivity index (χ2v) is 7.33. The minimum absolute atomic E-state index is 0.180. The molecule has 4 nitrogen and oxygen atoms in total. The second kappa shape index (κ2) is 6.43. The largest absolute Gasteiger partial charge is 0.273 e. The maximum Gasteiger partial charge on any atom is 0.248 e. The van der Waals surface area contributed by atoms with Crippen LogP contribution in [0.5, 0.6) is 0 Å². The van der Waals surface area contributed by atoms with Crippen LogP contribution in [0.4, 0.5) is 0 Å². The zero-order chi connectivity index (χ0) is 14.8. The highest BCUT2D eigenvalue weighted by Gasteiger charge is 2.56. The number of hydrogen-bond donors (Lipinski definition) is 2. The fourth-order valence-corrected chi connectivity index (χ4v) is 2.76. The molecule has 0 spiro atoms. The SMILES string of the molecule is O=C(CSc1ccc(Cl)cc1)NNC(=O)C1CC1(Cl)Cl. The Hall–Kier alpha value is -0.620. The van der Waals surface area contributed by atoms with Crippen LogP contribution in [0.25, 0.3) is 0 Å². The highest BCUT2D eigenvalue weighted by atomic mass is 35.5. The van der Waals surface area contributed by atoms with Gasteiger partial charge in [0.1, 0.15) is 4.33 Å². The highest BCUT2D eigenvalue weighted by molar-refractivity contribution is 8.00. The predicted molar refractivity (Wildman–Crippen MR) is 81.0 cm³/mol. The summed E-state index contributed by atoms with van der Waals surface area (Å²) in [4.78, 5) is 24.0. The Bertz CT molecular complexity index is 522. The van der Waals surface area contributed by atoms with E-state index in [-0.39, 0.29) is 17.6 Å². The molecule has 1 unspecified atom stereocenters. The molecule has 0 bridgehead atoms. The van der Waals surface area contributed by atoms with Crippen LogP contribution in [-0.2, 0) is 9.59 Å². The van der Waals surface area contributed by atoms with E-state index in [0.717, 1.165) is 4.90 Å². The Kier molecular flexibility index (Phi) is 5.07. The van der Waals surface area contributed by atoms with Gasteiger partial charge in [0.05, 0.1) is 11.7 Å². The Morgan fingerprint density at radius 3 is 2.40 bits per heavy atom. The number of carbonyl (C=O) groups excluding carboxylic acids is 2. The van der Waals surface area contributed by atoms with Gasteiger partial charge in [-0.25, -0.2) is 0 Å². The van der Waals surface area contributed by atoms with Gasteiger partial charge in [-0.3, -0.25) is 20.4 Å². The number of hydrazine groups is 1. The van der Waals surface area contributed by atoms with Crippen LogP contribution in [0.3, 0.4) is 0 Å². The molecule has 0 aromatic heterocycles. The van der Waals surface area contributed by atoms with Crippen molar-refractivity contribution < 1.29 is 9.59 Å². The normalized spacial score (nSPS) is 19.2. The van der Waals surface area contributed by atoms with E-state index in [4.69, 9.17) is 34.8 Å². The molecule has 2 amide bonds. The topological polar surface area (TPSA) is 58.2 Å². The average Bonchev–Trinajstić information content (AvgIpc) is 3.04. The molecule has 1 aromatic carbocycles. The van der Waals surface area contributed by atoms with E-state index in [1.54, 1.807) is 12.1 Å². The lowest BCUT2D eigenvalue weighted by Gasteiger charge is -2.07. The zero-order valence-corrected chi connectivity index (χ0v) is 13.2. The first-order valence-electron chi connectivity index (χ1n) is 5.73. The lowest BCUT2D eigenvalue weighted by atomic mass is 10.4. The van der Waals surface area contributed by atoms with Crippen molar-refractivity contribution in [2.75, 3.05) is 5.75 Å². The van der Waals surface area contributed by atoms with Crippen molar-refractivity contribution in [2.45, 2.75) is 15.6 Å². The lowest BCUT2D eigenvalue weighted by molar-refractivity contribution is -0.128. The maximum atomic E-state index is 11.6. The third kappa shape index (κ3) is 4.45. The molecule has 1 aliphatic rings. The van der Waals surface area contributed by atoms with Crippen molar-refractivity contribution in [1.82, 2.24) is 10.9 Å². The quantitative estimate of drug-likeness (QED) is 0.497. The second-order valence-electron chi connectivity index (χ2n) is 4.30. The van der Waals surface area contributed by atoms with Gasteiger partial charge in [0.25, 0.3) is 0 Å². The Morgan fingerprint density at radius 2 is 1.85 bits per heavy atom. The monoisotopic (exact) mass is 352 g/mol. The van der Waals surface area contributed by atoms with Crippen molar-refractivity contribution in [3.63, 3.8) is 0 Å². The number of amides is 2. The average molecular weight is 354 g/mol. The van der Waals surface area contributed by atoms with Crippen LogP contribution < -0.4 is 10.9 Å². The van der Waals surface area contributed by atoms with Crippen LogP contribution >= 0.6 is 46.6 Å². The third-order valence-electron chi connectivity index (χ3n) is 2.65. The van der Waals surface area contributed by atoms with Crippen LogP contribution in [0, 0.1) is 5.92 Å². The summed E-state index contributed by atoms with van der Waals surface area (Å²) in [5.74, 6) is -0.969. The maximum absolute atomic E-state index is 11.6. The van der Waals surface area contributed by atoms with Crippen molar-refractivity contribution in [3.05, 3.63) is 29.3 Å². The predicted octanol–water partition coefficient (Wildman–Crippen LogP) is 2.77. The smallest absolute Gasteiger partial charge is 0.248 e. The van der Waals surface area contributed by atoms with E-state index in [2.05, 4.69) is 10.9 Å². The summed E-state index contributed by atoms with van der Waals surface area (Å²) >= 11 is 18.6. The van der Waals surface area contributed by atoms with Crippen molar-refractivity contribution >= 4 is 58.4 Å². The summed E-state index contributed by atoms with van der Waals surface area (Å²) in [6.07, 6.45) is 0.400. The molecular formula is C12H11Cl3N2O2S. The fraction of sp³-hybridized carbons (Fsp3) is 0.333. The van der Waals surface area contributed by atoms with Crippen molar-refractivity contribution in [2.24, 2.45) is 5.92 Å². The molecule has 2 rings (SSSR count). The molecule has 0 heterocycles. The molecule has 0 aliphatic heterocycles. The molecule has 20 heavy (non-hydrogen) atoms. The Balaban J connectivity index is 1.68. The number of carbonyl (C=O) groups is 2. The molecule has 0 radical (unpaired) electrons. The molecular weight excluding hydrogens is 343 g/mol. The summed E-state index contributed by atoms with van der Waals surface area (Å²) in [5, 5.41) is 0.640. The first-order valence-corrected chi connectivity index (χ1v) is 7.85. The molecule has 1 atom stereocenters. The summed E-state index contributed by atoms with van der Waals surface area (Å²) in [6, 6.07) is 7.13. The first-order chi connectivity index (χ1) is 9.38. The molecule has 1 aliphatic carbocycles. The molecule has 2 N–H and O–H groups in total. The van der Waals surface area contributed by atoms with Crippen molar-refractivity contribution in [1.29, 1.82) is 0 Å². The molecule has 108 valence electrons. The fourth-order valence-electron chi connectivity index (χ4n) is 1.43. The molecule has 1 fully saturated rings. The van der Waals surface area contributed by atoms with E-state index in [9.17, 15) is 9.59 Å². The number of alkyl halides is 2. The lowest BCUT2D eigenvalue weighted by Crippen LogP contribution is -2.43. The van der Waals surface area contributed by atoms with Gasteiger partial charge in [-0.2, -0.15) is 0 Å². The number of nitrogens with one attached hydrogen (secondary N) is 2. The molecule has 1 aromatic rings. The van der Waals surface area contributed by atoms with Gasteiger partial charge in [0.2, 0.25) is 11.8 Å². The summed E-state index contributed by atoms with van der Waals surface area (Å²) in [5.41, 5.74) is 4.62. The van der Waals surface area contributed by atoms with Crippen LogP contribution in [0.15, 0.2) is 29.2 Å². The van der Waals surface area contributed by atoms with E-state index < -0.39 is 10.3 Å². The minimum atomic E-state index is -0.993. The number of hydrogen-bond acceptors (Lipinski definition) is 3. The Morgan fingerprint density at radius 1 is 1.25 bits per heavy atom. The summed E-state index contributed by atoms with van der Waals surface area (Å²) < 4.78 is -0.993. The van der Waals surface area contributed by atoms with E-state index in [1.807, 2.05) is 12.1 Å². The molecule has 8 heteroatoms. The number of thioether (sulfide) groups is 1. The first kappa shape index (κ1) is 15.8. The van der Waals surface area contributed by atoms with Gasteiger partial charge in [0, 0.05) is 9.92 Å². The van der Waals surface area contributed by atoms with Gasteiger partial charge in [-0.1, -0.05) is 11.6 Å². The van der Waals surface area contributed by atoms with Gasteiger partial charge in [-0.15, -0.1) is 35.0 Å². The number of halogens is 3. The van der Waals surface area contributed by atoms with Crippen LogP contribution in [-0.4, -0.2) is 21.9 Å². The summed E-state index contributed by atoms with van der Waals surface area (Å²) in [7, 11) is 0. The van der Waals surface area contributed by atoms with E-state index >= 15 is 0 Å². The van der Waals surface area contributed by atoms with Gasteiger partial charge < -0.3 is 0 Å². The molecule has 0 saturated heterocycles. The van der Waals surface area contributed by atoms with Crippen molar-refractivity contribution in [3.8, 4) is 0 Å². The third-order valence-corrected chi connectivity index (χ3v) is 4.75. The minimum Gasteiger partial charge on any atom is -0.273 e. The number of benzene rings is 1. The van der Waals surface area contributed by atoms with Crippen LogP contribution in [0.2, 0.25) is 5.02 Å². The van der Waals surface area contributed by atoms with Gasteiger partial charge in [0.15, 0.2) is 0 Å². The van der Waals surface area contributed by atoms with Crippen LogP contribution in [0.1, 0.15) is 6.42 Å². The van der Waals surface area contributed by atoms with Gasteiger partial charge in [-0.05, 0) is 30.7 Å². The molecule has 1 saturated carbocycles. The van der Waals surface area contributed by atoms with E-state index in [0.29, 0.717) is 11.4 Å². The highest BCUT2D eigenvalue weighted by Crippen LogP contribution is 2.53. The standard InChI is InChI=1S/C12H11Cl3N2O2S/c13-7-1-3-8(4-2-7)20-6-10(18)16-17-11(19)9-5-12(9,14)15/h1-4,9H,5-6H2,(H,16,18)(H,17,19). The zero-order valence-electron chi connectivity index (χ0n) is 10.2. The van der Waals surface area contributed by atoms with Gasteiger partial charge >= 0.3 is 0 Å². The van der Waals surface area contributed by atoms with E-state index in [1.165, 1.54) is 11.8 Å². The summed E-state index contributed by atoms with van der Waals surface area (Å²) in [6.45, 7) is 0. The number of rotatable bonds is 4. The Labute approximate surface area is 135 Å².